The topological polar surface area (TPSA) is 0 Å². The van der Waals surface area contributed by atoms with Gasteiger partial charge in [-0.2, -0.15) is 0 Å². The minimum absolute atomic E-state index is 1.25. The lowest BCUT2D eigenvalue weighted by molar-refractivity contribution is 1.39. The first-order valence-electron chi connectivity index (χ1n) is 4.81. The summed E-state index contributed by atoms with van der Waals surface area (Å²) in [6, 6.07) is 18.9. The smallest absolute Gasteiger partial charge is 0.0410 e. The van der Waals surface area contributed by atoms with Crippen LogP contribution in [0.25, 0.3) is 0 Å². The maximum Gasteiger partial charge on any atom is -0.0410 e. The Morgan fingerprint density at radius 2 is 1.29 bits per heavy atom. The zero-order valence-corrected chi connectivity index (χ0v) is 8.27. The average molecular weight is 181 g/mol. The fraction of sp³-hybridized carbons (Fsp3) is 0.0714. The molecule has 0 heteroatoms. The highest BCUT2D eigenvalue weighted by atomic mass is 14.0. The second kappa shape index (κ2) is 4.01. The summed E-state index contributed by atoms with van der Waals surface area (Å²) in [7, 11) is 0. The van der Waals surface area contributed by atoms with E-state index in [9.17, 15) is 0 Å². The predicted octanol–water partition coefficient (Wildman–Crippen LogP) is 3.60. The number of hydrogen-bond donors (Lipinski definition) is 0. The first-order chi connectivity index (χ1) is 6.84. The van der Waals surface area contributed by atoms with Gasteiger partial charge in [0.05, 0.1) is 0 Å². The van der Waals surface area contributed by atoms with E-state index in [-0.39, 0.29) is 0 Å². The predicted molar refractivity (Wildman–Crippen MR) is 60.1 cm³/mol. The fourth-order valence-electron chi connectivity index (χ4n) is 1.40. The summed E-state index contributed by atoms with van der Waals surface area (Å²) in [5, 5.41) is 0. The highest BCUT2D eigenvalue weighted by Crippen LogP contribution is 2.11. The largest absolute Gasteiger partial charge is 0.126 e. The molecule has 0 spiro atoms. The van der Waals surface area contributed by atoms with Crippen molar-refractivity contribution in [3.8, 4) is 0 Å². The van der Waals surface area contributed by atoms with Crippen molar-refractivity contribution in [3.63, 3.8) is 0 Å². The van der Waals surface area contributed by atoms with Gasteiger partial charge in [0, 0.05) is 0 Å². The zero-order valence-electron chi connectivity index (χ0n) is 8.27. The van der Waals surface area contributed by atoms with Crippen LogP contribution in [-0.4, -0.2) is 0 Å². The van der Waals surface area contributed by atoms with Gasteiger partial charge in [0.1, 0.15) is 0 Å². The Morgan fingerprint density at radius 3 is 1.93 bits per heavy atom. The molecule has 0 bridgehead atoms. The summed E-state index contributed by atoms with van der Waals surface area (Å²) >= 11 is 0. The van der Waals surface area contributed by atoms with Gasteiger partial charge >= 0.3 is 0 Å². The van der Waals surface area contributed by atoms with E-state index < -0.39 is 0 Å². The molecule has 2 rings (SSSR count). The lowest BCUT2D eigenvalue weighted by atomic mass is 10.0. The van der Waals surface area contributed by atoms with Crippen LogP contribution in [0.3, 0.4) is 0 Å². The van der Waals surface area contributed by atoms with Gasteiger partial charge in [-0.15, -0.1) is 41.8 Å². The highest BCUT2D eigenvalue weighted by molar-refractivity contribution is 5.37. The van der Waals surface area contributed by atoms with Crippen molar-refractivity contribution in [1.29, 1.82) is 0 Å². The van der Waals surface area contributed by atoms with Crippen molar-refractivity contribution in [2.24, 2.45) is 0 Å². The summed E-state index contributed by atoms with van der Waals surface area (Å²) in [5.41, 5.74) is 3.80. The number of hydrogen-bond acceptors (Lipinski definition) is 0. The Bertz CT molecular complexity index is 384. The molecule has 0 N–H and O–H groups in total. The quantitative estimate of drug-likeness (QED) is 0.621. The number of rotatable bonds is 2. The van der Waals surface area contributed by atoms with Gasteiger partial charge in [0.25, 0.3) is 0 Å². The maximum atomic E-state index is 2.18. The molecule has 0 saturated carbocycles. The molecule has 0 aliphatic rings. The van der Waals surface area contributed by atoms with Crippen molar-refractivity contribution >= 4 is 0 Å². The molecule has 0 unspecified atom stereocenters. The lowest BCUT2D eigenvalue weighted by Crippen LogP contribution is -1.84. The van der Waals surface area contributed by atoms with Crippen molar-refractivity contribution in [2.75, 3.05) is 0 Å². The normalized spacial score (nSPS) is 9.79. The summed E-state index contributed by atoms with van der Waals surface area (Å²) in [6.45, 7) is 2.10. The van der Waals surface area contributed by atoms with Crippen LogP contribution in [-0.2, 0) is 0 Å². The van der Waals surface area contributed by atoms with E-state index in [0.717, 1.165) is 0 Å². The van der Waals surface area contributed by atoms with Crippen LogP contribution < -0.4 is 0 Å². The number of aryl methyl sites for hydroxylation is 1. The molecule has 0 aliphatic carbocycles. The van der Waals surface area contributed by atoms with Gasteiger partial charge < -0.3 is 0 Å². The molecule has 0 nitrogen and oxygen atoms in total. The van der Waals surface area contributed by atoms with Gasteiger partial charge in [-0.1, -0.05) is 35.9 Å². The molecular formula is C14H13-. The summed E-state index contributed by atoms with van der Waals surface area (Å²) in [4.78, 5) is 0. The molecule has 14 heavy (non-hydrogen) atoms. The minimum Gasteiger partial charge on any atom is -0.126 e. The van der Waals surface area contributed by atoms with Crippen LogP contribution in [0.5, 0.6) is 0 Å². The lowest BCUT2D eigenvalue weighted by Gasteiger charge is -2.08. The molecule has 2 aromatic rings. The Hall–Kier alpha value is -1.69. The molecule has 0 heterocycles. The molecule has 0 aliphatic heterocycles. The van der Waals surface area contributed by atoms with Crippen LogP contribution in [0, 0.1) is 13.3 Å². The van der Waals surface area contributed by atoms with E-state index in [1.807, 2.05) is 6.07 Å². The van der Waals surface area contributed by atoms with E-state index in [0.29, 0.717) is 0 Å². The molecule has 70 valence electrons. The monoisotopic (exact) mass is 181 g/mol. The SMILES string of the molecule is Cc1ccc([CH-]c2ccccc2)cc1. The molecule has 0 saturated heterocycles. The number of benzene rings is 2. The van der Waals surface area contributed by atoms with Gasteiger partial charge in [-0.25, -0.2) is 0 Å². The molecule has 0 fully saturated rings. The first-order valence-corrected chi connectivity index (χ1v) is 4.81. The Balaban J connectivity index is 2.16. The van der Waals surface area contributed by atoms with Crippen molar-refractivity contribution in [2.45, 2.75) is 6.92 Å². The van der Waals surface area contributed by atoms with Crippen LogP contribution in [0.1, 0.15) is 16.7 Å². The van der Waals surface area contributed by atoms with Crippen LogP contribution in [0.2, 0.25) is 0 Å². The molecular weight excluding hydrogens is 168 g/mol. The molecule has 0 amide bonds. The molecule has 2 aromatic carbocycles. The third-order valence-electron chi connectivity index (χ3n) is 2.21. The van der Waals surface area contributed by atoms with E-state index in [4.69, 9.17) is 0 Å². The van der Waals surface area contributed by atoms with E-state index in [2.05, 4.69) is 61.9 Å². The van der Waals surface area contributed by atoms with Gasteiger partial charge in [-0.05, 0) is 6.92 Å². The Labute approximate surface area is 85.2 Å². The first kappa shape index (κ1) is 8.89. The van der Waals surface area contributed by atoms with Crippen molar-refractivity contribution in [1.82, 2.24) is 0 Å². The van der Waals surface area contributed by atoms with Gasteiger partial charge in [0.2, 0.25) is 0 Å². The Kier molecular flexibility index (Phi) is 2.55. The highest BCUT2D eigenvalue weighted by Gasteiger charge is 1.87. The molecule has 0 aromatic heterocycles. The summed E-state index contributed by atoms with van der Waals surface area (Å²) < 4.78 is 0. The average Bonchev–Trinajstić information content (AvgIpc) is 2.23. The standard InChI is InChI=1S/C14H13/c1-12-7-9-14(10-8-12)11-13-5-3-2-4-6-13/h2-11H,1H3/q-1. The van der Waals surface area contributed by atoms with E-state index in [1.165, 1.54) is 16.7 Å². The van der Waals surface area contributed by atoms with Crippen molar-refractivity contribution in [3.05, 3.63) is 77.7 Å². The summed E-state index contributed by atoms with van der Waals surface area (Å²) in [5.74, 6) is 0. The third-order valence-corrected chi connectivity index (χ3v) is 2.21. The molecule has 0 atom stereocenters. The maximum absolute atomic E-state index is 2.18. The van der Waals surface area contributed by atoms with Crippen LogP contribution in [0.15, 0.2) is 54.6 Å². The Morgan fingerprint density at radius 1 is 0.714 bits per heavy atom. The fourth-order valence-corrected chi connectivity index (χ4v) is 1.40. The van der Waals surface area contributed by atoms with Crippen LogP contribution >= 0.6 is 0 Å². The minimum atomic E-state index is 1.25. The zero-order chi connectivity index (χ0) is 9.80. The van der Waals surface area contributed by atoms with E-state index >= 15 is 0 Å². The molecule has 0 radical (unpaired) electrons. The van der Waals surface area contributed by atoms with E-state index in [1.54, 1.807) is 0 Å². The summed E-state index contributed by atoms with van der Waals surface area (Å²) in [6.07, 6.45) is 2.18. The van der Waals surface area contributed by atoms with Crippen LogP contribution in [0.4, 0.5) is 0 Å². The second-order valence-corrected chi connectivity index (χ2v) is 3.47. The van der Waals surface area contributed by atoms with Gasteiger partial charge in [0.15, 0.2) is 0 Å². The third kappa shape index (κ3) is 2.17. The van der Waals surface area contributed by atoms with Crippen molar-refractivity contribution < 1.29 is 0 Å². The van der Waals surface area contributed by atoms with Gasteiger partial charge in [-0.3, -0.25) is 0 Å². The second-order valence-electron chi connectivity index (χ2n) is 3.47.